The molecule has 2 N–H and O–H groups in total. The van der Waals surface area contributed by atoms with Crippen molar-refractivity contribution >= 4 is 29.0 Å². The summed E-state index contributed by atoms with van der Waals surface area (Å²) in [6.45, 7) is 1.88. The van der Waals surface area contributed by atoms with Gasteiger partial charge in [-0.15, -0.1) is 0 Å². The molecule has 1 aromatic carbocycles. The molecule has 0 amide bonds. The highest BCUT2D eigenvalue weighted by Gasteiger charge is 2.13. The molecule has 0 radical (unpaired) electrons. The van der Waals surface area contributed by atoms with E-state index < -0.39 is 0 Å². The van der Waals surface area contributed by atoms with Crippen LogP contribution in [0, 0.1) is 0 Å². The molecule has 1 aromatic heterocycles. The number of nitrogens with two attached hydrogens (primary N) is 1. The number of rotatable bonds is 3. The number of hydrogen-bond donors (Lipinski definition) is 1. The van der Waals surface area contributed by atoms with Gasteiger partial charge >= 0.3 is 0 Å². The molecule has 0 spiro atoms. The molecule has 1 heterocycles. The second-order valence-electron chi connectivity index (χ2n) is 3.81. The summed E-state index contributed by atoms with van der Waals surface area (Å²) in [5.41, 5.74) is 6.53. The van der Waals surface area contributed by atoms with Gasteiger partial charge in [0, 0.05) is 21.8 Å². The molecule has 1 atom stereocenters. The molecular weight excluding hydrogens is 271 g/mol. The van der Waals surface area contributed by atoms with Crippen LogP contribution in [0.25, 0.3) is 0 Å². The van der Waals surface area contributed by atoms with E-state index in [1.807, 2.05) is 6.92 Å². The number of nitrogens with zero attached hydrogens (tertiary/aromatic N) is 1. The Balaban J connectivity index is 2.25. The van der Waals surface area contributed by atoms with Crippen LogP contribution in [0.2, 0.25) is 10.0 Å². The Hall–Kier alpha value is -1.45. The fourth-order valence-electron chi connectivity index (χ4n) is 1.58. The lowest BCUT2D eigenvalue weighted by Crippen LogP contribution is -2.06. The van der Waals surface area contributed by atoms with Gasteiger partial charge in [-0.3, -0.25) is 0 Å². The first-order valence-electron chi connectivity index (χ1n) is 5.40. The summed E-state index contributed by atoms with van der Waals surface area (Å²) in [4.78, 5) is 3.96. The van der Waals surface area contributed by atoms with E-state index in [9.17, 15) is 0 Å². The van der Waals surface area contributed by atoms with E-state index in [0.717, 1.165) is 5.56 Å². The Morgan fingerprint density at radius 2 is 2.06 bits per heavy atom. The smallest absolute Gasteiger partial charge is 0.166 e. The maximum Gasteiger partial charge on any atom is 0.166 e. The average molecular weight is 283 g/mol. The maximum atomic E-state index is 6.11. The van der Waals surface area contributed by atoms with Gasteiger partial charge in [-0.2, -0.15) is 0 Å². The molecule has 0 aliphatic carbocycles. The normalized spacial score (nSPS) is 12.2. The van der Waals surface area contributed by atoms with Gasteiger partial charge in [0.2, 0.25) is 0 Å². The summed E-state index contributed by atoms with van der Waals surface area (Å²) in [5, 5.41) is 1.22. The van der Waals surface area contributed by atoms with Crippen molar-refractivity contribution in [3.63, 3.8) is 0 Å². The molecule has 2 aromatic rings. The topological polar surface area (TPSA) is 48.1 Å². The van der Waals surface area contributed by atoms with Crippen molar-refractivity contribution in [1.29, 1.82) is 0 Å². The van der Waals surface area contributed by atoms with E-state index in [4.69, 9.17) is 33.7 Å². The van der Waals surface area contributed by atoms with Crippen molar-refractivity contribution < 1.29 is 4.74 Å². The lowest BCUT2D eigenvalue weighted by atomic mass is 10.1. The van der Waals surface area contributed by atoms with Crippen LogP contribution in [-0.2, 0) is 0 Å². The number of hydrogen-bond acceptors (Lipinski definition) is 3. The SMILES string of the molecule is CC(Oc1cccnc1N)c1cc(Cl)ccc1Cl. The van der Waals surface area contributed by atoms with Gasteiger partial charge in [-0.05, 0) is 37.3 Å². The van der Waals surface area contributed by atoms with Gasteiger partial charge in [0.15, 0.2) is 11.6 Å². The maximum absolute atomic E-state index is 6.11. The first-order valence-corrected chi connectivity index (χ1v) is 6.15. The van der Waals surface area contributed by atoms with E-state index in [2.05, 4.69) is 4.98 Å². The molecule has 3 nitrogen and oxygen atoms in total. The number of aromatic nitrogens is 1. The summed E-state index contributed by atoms with van der Waals surface area (Å²) in [6.07, 6.45) is 1.35. The number of ether oxygens (including phenoxy) is 1. The number of halogens is 2. The minimum atomic E-state index is -0.261. The van der Waals surface area contributed by atoms with E-state index in [1.165, 1.54) is 0 Å². The van der Waals surface area contributed by atoms with E-state index in [1.54, 1.807) is 36.5 Å². The lowest BCUT2D eigenvalue weighted by Gasteiger charge is -2.17. The number of pyridine rings is 1. The predicted molar refractivity (Wildman–Crippen MR) is 74.2 cm³/mol. The molecule has 0 fully saturated rings. The first-order chi connectivity index (χ1) is 8.58. The third-order valence-electron chi connectivity index (χ3n) is 2.50. The quantitative estimate of drug-likeness (QED) is 0.922. The molecule has 5 heteroatoms. The zero-order valence-corrected chi connectivity index (χ0v) is 11.2. The second-order valence-corrected chi connectivity index (χ2v) is 4.66. The Morgan fingerprint density at radius 3 is 2.78 bits per heavy atom. The Kier molecular flexibility index (Phi) is 3.94. The highest BCUT2D eigenvalue weighted by molar-refractivity contribution is 6.33. The van der Waals surface area contributed by atoms with Gasteiger partial charge in [0.05, 0.1) is 0 Å². The summed E-state index contributed by atoms with van der Waals surface area (Å²) in [6, 6.07) is 8.78. The van der Waals surface area contributed by atoms with Crippen LogP contribution in [0.4, 0.5) is 5.82 Å². The predicted octanol–water partition coefficient (Wildman–Crippen LogP) is 4.11. The molecular formula is C13H12Cl2N2O. The highest BCUT2D eigenvalue weighted by atomic mass is 35.5. The molecule has 0 aliphatic heterocycles. The van der Waals surface area contributed by atoms with Crippen molar-refractivity contribution in [3.05, 3.63) is 52.1 Å². The standard InChI is InChI=1S/C13H12Cl2N2O/c1-8(10-7-9(14)4-5-11(10)15)18-12-3-2-6-17-13(12)16/h2-8H,1H3,(H2,16,17). The van der Waals surface area contributed by atoms with Crippen molar-refractivity contribution in [2.75, 3.05) is 5.73 Å². The first kappa shape index (κ1) is 13.0. The number of benzene rings is 1. The van der Waals surface area contributed by atoms with E-state index in [-0.39, 0.29) is 6.10 Å². The molecule has 0 bridgehead atoms. The third kappa shape index (κ3) is 2.86. The van der Waals surface area contributed by atoms with Crippen LogP contribution in [0.3, 0.4) is 0 Å². The Labute approximate surface area is 115 Å². The van der Waals surface area contributed by atoms with Crippen molar-refractivity contribution in [2.24, 2.45) is 0 Å². The number of nitrogen functional groups attached to an aromatic ring is 1. The summed E-state index contributed by atoms with van der Waals surface area (Å²) in [5.74, 6) is 0.878. The van der Waals surface area contributed by atoms with Crippen LogP contribution < -0.4 is 10.5 Å². The highest BCUT2D eigenvalue weighted by Crippen LogP contribution is 2.31. The lowest BCUT2D eigenvalue weighted by molar-refractivity contribution is 0.227. The fraction of sp³-hybridized carbons (Fsp3) is 0.154. The van der Waals surface area contributed by atoms with Gasteiger partial charge in [0.1, 0.15) is 6.10 Å². The van der Waals surface area contributed by atoms with Crippen LogP contribution in [0.5, 0.6) is 5.75 Å². The monoisotopic (exact) mass is 282 g/mol. The molecule has 18 heavy (non-hydrogen) atoms. The zero-order chi connectivity index (χ0) is 13.1. The van der Waals surface area contributed by atoms with Gasteiger partial charge in [-0.25, -0.2) is 4.98 Å². The van der Waals surface area contributed by atoms with Crippen molar-refractivity contribution in [2.45, 2.75) is 13.0 Å². The Morgan fingerprint density at radius 1 is 1.28 bits per heavy atom. The van der Waals surface area contributed by atoms with Gasteiger partial charge < -0.3 is 10.5 Å². The second kappa shape index (κ2) is 5.46. The summed E-state index contributed by atoms with van der Waals surface area (Å²) < 4.78 is 5.74. The summed E-state index contributed by atoms with van der Waals surface area (Å²) >= 11 is 12.1. The largest absolute Gasteiger partial charge is 0.482 e. The third-order valence-corrected chi connectivity index (χ3v) is 3.08. The number of anilines is 1. The van der Waals surface area contributed by atoms with Crippen LogP contribution in [-0.4, -0.2) is 4.98 Å². The van der Waals surface area contributed by atoms with Crippen LogP contribution >= 0.6 is 23.2 Å². The van der Waals surface area contributed by atoms with E-state index >= 15 is 0 Å². The van der Waals surface area contributed by atoms with Crippen molar-refractivity contribution in [1.82, 2.24) is 4.98 Å². The minimum absolute atomic E-state index is 0.261. The zero-order valence-electron chi connectivity index (χ0n) is 9.73. The Bertz CT molecular complexity index is 560. The molecule has 94 valence electrons. The van der Waals surface area contributed by atoms with Crippen LogP contribution in [0.15, 0.2) is 36.5 Å². The van der Waals surface area contributed by atoms with Gasteiger partial charge in [0.25, 0.3) is 0 Å². The summed E-state index contributed by atoms with van der Waals surface area (Å²) in [7, 11) is 0. The van der Waals surface area contributed by atoms with Gasteiger partial charge in [-0.1, -0.05) is 23.2 Å². The fourth-order valence-corrected chi connectivity index (χ4v) is 2.03. The molecule has 0 saturated heterocycles. The van der Waals surface area contributed by atoms with Crippen LogP contribution in [0.1, 0.15) is 18.6 Å². The minimum Gasteiger partial charge on any atom is -0.482 e. The van der Waals surface area contributed by atoms with Crippen molar-refractivity contribution in [3.8, 4) is 5.75 Å². The van der Waals surface area contributed by atoms with E-state index in [0.29, 0.717) is 21.6 Å². The molecule has 1 unspecified atom stereocenters. The molecule has 2 rings (SSSR count). The average Bonchev–Trinajstić information content (AvgIpc) is 2.35. The molecule has 0 aliphatic rings. The molecule has 0 saturated carbocycles.